The maximum atomic E-state index is 12.2. The number of nitrogens with zero attached hydrogens (tertiary/aromatic N) is 2. The lowest BCUT2D eigenvalue weighted by Gasteiger charge is -2.26. The van der Waals surface area contributed by atoms with Gasteiger partial charge in [0, 0.05) is 45.8 Å². The molecule has 6 rings (SSSR count). The Morgan fingerprint density at radius 1 is 1.02 bits per heavy atom. The minimum absolute atomic E-state index is 0.294. The summed E-state index contributed by atoms with van der Waals surface area (Å²) in [6, 6.07) is 10.3. The molecule has 0 atom stereocenters. The van der Waals surface area contributed by atoms with Crippen LogP contribution < -0.4 is 4.90 Å². The van der Waals surface area contributed by atoms with Gasteiger partial charge in [0.1, 0.15) is 6.54 Å². The number of benzene rings is 2. The summed E-state index contributed by atoms with van der Waals surface area (Å²) in [6.07, 6.45) is 7.59. The second kappa shape index (κ2) is 10.9. The Hall–Kier alpha value is -3.31. The molecule has 4 aromatic rings. The van der Waals surface area contributed by atoms with Gasteiger partial charge in [-0.25, -0.2) is 4.79 Å². The molecule has 4 heterocycles. The Labute approximate surface area is 266 Å². The van der Waals surface area contributed by atoms with Crippen molar-refractivity contribution in [2.24, 2.45) is 0 Å². The molecule has 10 heteroatoms. The number of fused-ring (bicyclic) bond motifs is 6. The summed E-state index contributed by atoms with van der Waals surface area (Å²) in [6.45, 7) is 12.1. The van der Waals surface area contributed by atoms with Crippen LogP contribution in [0.25, 0.3) is 20.2 Å². The summed E-state index contributed by atoms with van der Waals surface area (Å²) in [4.78, 5) is 14.6. The summed E-state index contributed by atoms with van der Waals surface area (Å²) in [5, 5.41) is 16.2. The number of hydrogen-bond acceptors (Lipinski definition) is 6. The van der Waals surface area contributed by atoms with E-state index in [1.807, 2.05) is 17.5 Å². The number of thiophene rings is 2. The molecule has 2 aliphatic heterocycles. The highest BCUT2D eigenvalue weighted by Gasteiger charge is 2.46. The zero-order valence-electron chi connectivity index (χ0n) is 25.5. The quantitative estimate of drug-likeness (QED) is 0.140. The molecule has 2 aromatic heterocycles. The van der Waals surface area contributed by atoms with E-state index in [1.54, 1.807) is 11.3 Å². The van der Waals surface area contributed by atoms with Crippen molar-refractivity contribution >= 4 is 76.0 Å². The average molecular weight is 650 g/mol. The Balaban J connectivity index is 1.47. The standard InChI is InChI=1S/C34H36N2O5S3/c1-6-15-35-28(34(4,5)25-20-23(32(37)38)31-22(30(25)35)14-18-43-31)10-7-9-27-33(2,3)24-11-12-26-21(13-17-42-26)29(24)36(27)16-8-19-44(39,40)41/h7,9-14,17-18,20H,6,8,15-16,19H2,1-5H3,(H-,37,38,39,40,41)/p+1. The molecule has 44 heavy (non-hydrogen) atoms. The van der Waals surface area contributed by atoms with E-state index in [-0.39, 0.29) is 11.2 Å². The van der Waals surface area contributed by atoms with Gasteiger partial charge in [-0.2, -0.15) is 13.0 Å². The number of aromatic carboxylic acids is 1. The van der Waals surface area contributed by atoms with E-state index in [4.69, 9.17) is 0 Å². The molecule has 2 aliphatic rings. The number of carbonyl (C=O) groups is 1. The maximum absolute atomic E-state index is 12.2. The van der Waals surface area contributed by atoms with Gasteiger partial charge in [0.2, 0.25) is 5.69 Å². The zero-order valence-corrected chi connectivity index (χ0v) is 28.0. The number of carboxylic acid groups (broad SMARTS) is 1. The summed E-state index contributed by atoms with van der Waals surface area (Å²) in [5.41, 5.74) is 6.13. The van der Waals surface area contributed by atoms with Gasteiger partial charge in [0.25, 0.3) is 10.1 Å². The van der Waals surface area contributed by atoms with Crippen LogP contribution in [-0.2, 0) is 20.9 Å². The van der Waals surface area contributed by atoms with E-state index in [0.717, 1.165) is 56.8 Å². The van der Waals surface area contributed by atoms with E-state index in [9.17, 15) is 22.9 Å². The molecule has 230 valence electrons. The first-order valence-corrected chi connectivity index (χ1v) is 18.2. The predicted molar refractivity (Wildman–Crippen MR) is 182 cm³/mol. The van der Waals surface area contributed by atoms with Crippen LogP contribution >= 0.6 is 22.7 Å². The van der Waals surface area contributed by atoms with Crippen LogP contribution in [0.3, 0.4) is 0 Å². The molecule has 0 fully saturated rings. The van der Waals surface area contributed by atoms with Gasteiger partial charge in [0.05, 0.1) is 32.5 Å². The lowest BCUT2D eigenvalue weighted by Crippen LogP contribution is -2.28. The molecule has 2 aromatic carbocycles. The molecule has 0 radical (unpaired) electrons. The molecule has 0 unspecified atom stereocenters. The van der Waals surface area contributed by atoms with Crippen molar-refractivity contribution in [3.63, 3.8) is 0 Å². The lowest BCUT2D eigenvalue weighted by atomic mass is 9.80. The molecule has 2 N–H and O–H groups in total. The van der Waals surface area contributed by atoms with Crippen LogP contribution in [0, 0.1) is 0 Å². The summed E-state index contributed by atoms with van der Waals surface area (Å²) < 4.78 is 36.8. The normalized spacial score (nSPS) is 18.3. The SMILES string of the molecule is CCCN1/C(=C/C=C/C2=[N+](CCCS(=O)(=O)O)c3c(ccc4sccc34)C2(C)C)C(C)(C)c2cc(C(=O)O)c3sccc3c21. The Bertz CT molecular complexity index is 2030. The number of hydrogen-bond donors (Lipinski definition) is 2. The summed E-state index contributed by atoms with van der Waals surface area (Å²) in [7, 11) is -4.07. The van der Waals surface area contributed by atoms with Crippen LogP contribution in [-0.4, -0.2) is 53.2 Å². The van der Waals surface area contributed by atoms with Gasteiger partial charge >= 0.3 is 5.97 Å². The Morgan fingerprint density at radius 2 is 1.75 bits per heavy atom. The largest absolute Gasteiger partial charge is 0.478 e. The first-order valence-electron chi connectivity index (χ1n) is 14.8. The molecular weight excluding hydrogens is 613 g/mol. The molecule has 0 bridgehead atoms. The number of allylic oxidation sites excluding steroid dienone is 4. The predicted octanol–water partition coefficient (Wildman–Crippen LogP) is 8.12. The second-order valence-electron chi connectivity index (χ2n) is 12.6. The van der Waals surface area contributed by atoms with Gasteiger partial charge in [-0.1, -0.05) is 26.8 Å². The fraction of sp³-hybridized carbons (Fsp3) is 0.353. The van der Waals surface area contributed by atoms with E-state index < -0.39 is 21.5 Å². The van der Waals surface area contributed by atoms with Gasteiger partial charge in [-0.15, -0.1) is 22.7 Å². The van der Waals surface area contributed by atoms with E-state index in [2.05, 4.69) is 85.9 Å². The van der Waals surface area contributed by atoms with Gasteiger partial charge in [0.15, 0.2) is 5.71 Å². The highest BCUT2D eigenvalue weighted by molar-refractivity contribution is 7.85. The molecular formula is C34H37N2O5S3+. The van der Waals surface area contributed by atoms with E-state index in [0.29, 0.717) is 18.5 Å². The van der Waals surface area contributed by atoms with Crippen molar-refractivity contribution in [1.82, 2.24) is 0 Å². The van der Waals surface area contributed by atoms with Crippen LogP contribution in [0.4, 0.5) is 11.4 Å². The van der Waals surface area contributed by atoms with Gasteiger partial charge in [-0.3, -0.25) is 4.55 Å². The minimum atomic E-state index is -4.07. The molecule has 0 aliphatic carbocycles. The molecule has 0 spiro atoms. The van der Waals surface area contributed by atoms with Crippen LogP contribution in [0.15, 0.2) is 65.0 Å². The van der Waals surface area contributed by atoms with E-state index >= 15 is 0 Å². The Kier molecular flexibility index (Phi) is 7.64. The van der Waals surface area contributed by atoms with Gasteiger partial charge < -0.3 is 10.0 Å². The van der Waals surface area contributed by atoms with Crippen LogP contribution in [0.5, 0.6) is 0 Å². The number of anilines is 1. The molecule has 0 amide bonds. The van der Waals surface area contributed by atoms with Crippen LogP contribution in [0.2, 0.25) is 0 Å². The van der Waals surface area contributed by atoms with Crippen molar-refractivity contribution in [1.29, 1.82) is 0 Å². The smallest absolute Gasteiger partial charge is 0.337 e. The topological polar surface area (TPSA) is 97.9 Å². The third-order valence-corrected chi connectivity index (χ3v) is 11.7. The average Bonchev–Trinajstić information content (AvgIpc) is 3.69. The first-order chi connectivity index (χ1) is 20.8. The third-order valence-electron chi connectivity index (χ3n) is 9.03. The van der Waals surface area contributed by atoms with E-state index in [1.165, 1.54) is 21.6 Å². The molecule has 0 saturated carbocycles. The highest BCUT2D eigenvalue weighted by Crippen LogP contribution is 2.52. The van der Waals surface area contributed by atoms with Gasteiger partial charge in [-0.05, 0) is 73.0 Å². The lowest BCUT2D eigenvalue weighted by molar-refractivity contribution is -0.435. The zero-order chi connectivity index (χ0) is 31.6. The number of carboxylic acids is 1. The second-order valence-corrected chi connectivity index (χ2v) is 16.0. The summed E-state index contributed by atoms with van der Waals surface area (Å²) in [5.74, 6) is -1.21. The highest BCUT2D eigenvalue weighted by atomic mass is 32.2. The van der Waals surface area contributed by atoms with Crippen molar-refractivity contribution < 1.29 is 27.4 Å². The molecule has 7 nitrogen and oxygen atoms in total. The van der Waals surface area contributed by atoms with Crippen molar-refractivity contribution in [3.8, 4) is 0 Å². The fourth-order valence-corrected chi connectivity index (χ4v) is 9.18. The number of rotatable bonds is 9. The third kappa shape index (κ3) is 4.92. The van der Waals surface area contributed by atoms with Crippen molar-refractivity contribution in [2.75, 3.05) is 23.7 Å². The maximum Gasteiger partial charge on any atom is 0.337 e. The monoisotopic (exact) mass is 649 g/mol. The van der Waals surface area contributed by atoms with Crippen molar-refractivity contribution in [3.05, 3.63) is 81.7 Å². The van der Waals surface area contributed by atoms with Crippen LogP contribution in [0.1, 0.15) is 68.9 Å². The molecule has 0 saturated heterocycles. The Morgan fingerprint density at radius 3 is 2.45 bits per heavy atom. The first kappa shape index (κ1) is 30.7. The fourth-order valence-electron chi connectivity index (χ4n) is 6.99. The van der Waals surface area contributed by atoms with Crippen molar-refractivity contribution in [2.45, 2.75) is 58.3 Å². The summed E-state index contributed by atoms with van der Waals surface area (Å²) >= 11 is 3.15. The minimum Gasteiger partial charge on any atom is -0.478 e.